The van der Waals surface area contributed by atoms with Crippen LogP contribution in [0.1, 0.15) is 58.3 Å². The highest BCUT2D eigenvalue weighted by molar-refractivity contribution is 7.19. The second-order valence-electron chi connectivity index (χ2n) is 9.33. The number of thiazole rings is 2. The first-order valence-corrected chi connectivity index (χ1v) is 13.8. The highest BCUT2D eigenvalue weighted by atomic mass is 32.1. The molecule has 3 heterocycles. The molecule has 1 N–H and O–H groups in total. The van der Waals surface area contributed by atoms with Crippen LogP contribution in [0.4, 0.5) is 5.13 Å². The van der Waals surface area contributed by atoms with E-state index in [0.717, 1.165) is 39.1 Å². The van der Waals surface area contributed by atoms with Crippen molar-refractivity contribution in [2.24, 2.45) is 5.92 Å². The van der Waals surface area contributed by atoms with E-state index in [2.05, 4.69) is 11.9 Å². The summed E-state index contributed by atoms with van der Waals surface area (Å²) in [5.41, 5.74) is 3.70. The number of aromatic nitrogens is 2. The van der Waals surface area contributed by atoms with Crippen LogP contribution in [0.15, 0.2) is 54.3 Å². The van der Waals surface area contributed by atoms with Crippen molar-refractivity contribution < 1.29 is 19.4 Å². The Hall–Kier alpha value is -3.56. The smallest absolute Gasteiger partial charge is 0.350 e. The van der Waals surface area contributed by atoms with Gasteiger partial charge in [-0.3, -0.25) is 9.69 Å². The average molecular weight is 534 g/mol. The van der Waals surface area contributed by atoms with E-state index in [-0.39, 0.29) is 11.7 Å². The summed E-state index contributed by atoms with van der Waals surface area (Å²) >= 11 is 2.52. The van der Waals surface area contributed by atoms with Crippen LogP contribution in [0.2, 0.25) is 0 Å². The normalized spacial score (nSPS) is 15.9. The number of aliphatic hydroxyl groups excluding tert-OH is 1. The third-order valence-corrected chi connectivity index (χ3v) is 8.37. The number of carbonyl (C=O) groups is 2. The van der Waals surface area contributed by atoms with Crippen molar-refractivity contribution in [3.8, 4) is 0 Å². The number of carbonyl (C=O) groups excluding carboxylic acids is 2. The van der Waals surface area contributed by atoms with Crippen LogP contribution in [0.25, 0.3) is 15.8 Å². The van der Waals surface area contributed by atoms with Crippen molar-refractivity contribution in [2.45, 2.75) is 40.2 Å². The molecule has 0 saturated carbocycles. The Labute approximate surface area is 223 Å². The minimum Gasteiger partial charge on any atom is -0.503 e. The van der Waals surface area contributed by atoms with Crippen LogP contribution in [-0.4, -0.2) is 33.6 Å². The van der Waals surface area contributed by atoms with Crippen molar-refractivity contribution >= 4 is 55.5 Å². The summed E-state index contributed by atoms with van der Waals surface area (Å²) in [6, 6.07) is 15.0. The third kappa shape index (κ3) is 4.65. The summed E-state index contributed by atoms with van der Waals surface area (Å²) in [5.74, 6) is -1.20. The van der Waals surface area contributed by atoms with Gasteiger partial charge in [0, 0.05) is 0 Å². The Morgan fingerprint density at radius 2 is 1.84 bits per heavy atom. The molecule has 1 aliphatic heterocycles. The molecule has 0 saturated heterocycles. The summed E-state index contributed by atoms with van der Waals surface area (Å²) < 4.78 is 6.38. The number of benzene rings is 2. The molecule has 190 valence electrons. The van der Waals surface area contributed by atoms with E-state index in [0.29, 0.717) is 32.9 Å². The number of para-hydroxylation sites is 1. The van der Waals surface area contributed by atoms with E-state index >= 15 is 0 Å². The zero-order valence-electron chi connectivity index (χ0n) is 21.0. The number of hydrogen-bond acceptors (Lipinski definition) is 8. The summed E-state index contributed by atoms with van der Waals surface area (Å²) in [5, 5.41) is 12.1. The van der Waals surface area contributed by atoms with Gasteiger partial charge in [0.15, 0.2) is 10.9 Å². The number of amides is 1. The fourth-order valence-corrected chi connectivity index (χ4v) is 6.26. The Morgan fingerprint density at radius 1 is 1.11 bits per heavy atom. The average Bonchev–Trinajstić information content (AvgIpc) is 3.56. The fraction of sp³-hybridized carbons (Fsp3) is 0.286. The number of esters is 1. The summed E-state index contributed by atoms with van der Waals surface area (Å²) in [7, 11) is 0. The summed E-state index contributed by atoms with van der Waals surface area (Å²) in [6.07, 6.45) is 0.882. The Balaban J connectivity index is 1.61. The van der Waals surface area contributed by atoms with Crippen LogP contribution in [-0.2, 0) is 16.0 Å². The Kier molecular flexibility index (Phi) is 6.83. The van der Waals surface area contributed by atoms with E-state index in [4.69, 9.17) is 9.72 Å². The maximum absolute atomic E-state index is 13.6. The molecule has 0 fully saturated rings. The van der Waals surface area contributed by atoms with Crippen LogP contribution < -0.4 is 4.90 Å². The summed E-state index contributed by atoms with van der Waals surface area (Å²) in [6.45, 7) is 8.03. The van der Waals surface area contributed by atoms with Gasteiger partial charge in [-0.15, -0.1) is 11.3 Å². The second kappa shape index (κ2) is 10.1. The van der Waals surface area contributed by atoms with Crippen LogP contribution in [0.5, 0.6) is 0 Å². The van der Waals surface area contributed by atoms with Gasteiger partial charge < -0.3 is 9.84 Å². The monoisotopic (exact) mass is 533 g/mol. The van der Waals surface area contributed by atoms with Gasteiger partial charge in [-0.2, -0.15) is 0 Å². The number of anilines is 1. The fourth-order valence-electron chi connectivity index (χ4n) is 4.24. The van der Waals surface area contributed by atoms with Gasteiger partial charge in [0.1, 0.15) is 9.88 Å². The molecule has 0 bridgehead atoms. The lowest BCUT2D eigenvalue weighted by molar-refractivity contribution is -0.117. The van der Waals surface area contributed by atoms with Gasteiger partial charge in [-0.05, 0) is 42.5 Å². The van der Waals surface area contributed by atoms with Gasteiger partial charge in [0.05, 0.1) is 34.1 Å². The molecule has 9 heteroatoms. The zero-order chi connectivity index (χ0) is 26.3. The van der Waals surface area contributed by atoms with Crippen molar-refractivity contribution in [1.82, 2.24) is 9.97 Å². The number of aliphatic hydroxyl groups is 1. The first-order valence-electron chi connectivity index (χ1n) is 12.1. The molecule has 7 nitrogen and oxygen atoms in total. The van der Waals surface area contributed by atoms with Gasteiger partial charge in [-0.1, -0.05) is 68.5 Å². The molecule has 1 aliphatic rings. The van der Waals surface area contributed by atoms with Crippen molar-refractivity contribution in [2.75, 3.05) is 11.5 Å². The molecule has 0 radical (unpaired) electrons. The molecule has 1 atom stereocenters. The molecule has 4 aromatic rings. The summed E-state index contributed by atoms with van der Waals surface area (Å²) in [4.78, 5) is 37.4. The number of aryl methyl sites for hydroxylation is 2. The molecule has 2 aromatic carbocycles. The van der Waals surface area contributed by atoms with Crippen molar-refractivity contribution in [1.29, 1.82) is 0 Å². The highest BCUT2D eigenvalue weighted by Crippen LogP contribution is 2.48. The molecular weight excluding hydrogens is 506 g/mol. The lowest BCUT2D eigenvalue weighted by atomic mass is 9.98. The molecule has 0 spiro atoms. The molecule has 0 aliphatic carbocycles. The number of rotatable bonds is 7. The third-order valence-electron chi connectivity index (χ3n) is 6.16. The van der Waals surface area contributed by atoms with Crippen LogP contribution in [0.3, 0.4) is 0 Å². The largest absolute Gasteiger partial charge is 0.503 e. The molecule has 5 rings (SSSR count). The van der Waals surface area contributed by atoms with Gasteiger partial charge in [-0.25, -0.2) is 14.8 Å². The second-order valence-corrected chi connectivity index (χ2v) is 11.3. The van der Waals surface area contributed by atoms with E-state index in [1.54, 1.807) is 6.92 Å². The molecular formula is C28H27N3O4S2. The molecule has 0 unspecified atom stereocenters. The lowest BCUT2D eigenvalue weighted by Gasteiger charge is -2.24. The van der Waals surface area contributed by atoms with Gasteiger partial charge >= 0.3 is 5.97 Å². The van der Waals surface area contributed by atoms with E-state index < -0.39 is 17.9 Å². The molecule has 1 amide bonds. The minimum absolute atomic E-state index is 0.199. The van der Waals surface area contributed by atoms with E-state index in [1.807, 2.05) is 62.4 Å². The quantitative estimate of drug-likeness (QED) is 0.273. The number of ether oxygens (including phenoxy) is 1. The minimum atomic E-state index is -0.649. The number of hydrogen-bond donors (Lipinski definition) is 1. The maximum Gasteiger partial charge on any atom is 0.350 e. The highest BCUT2D eigenvalue weighted by Gasteiger charge is 2.45. The van der Waals surface area contributed by atoms with E-state index in [9.17, 15) is 14.7 Å². The maximum atomic E-state index is 13.6. The standard InChI is InChI=1S/C28H27N3O4S2/c1-5-17-10-12-18(13-11-17)22-21(25-30-19-8-6-7-9-20(19)36-25)23(32)26(33)31(22)28-29-16(4)24(37-28)27(34)35-14-15(2)3/h6-13,15,22,32H,5,14H2,1-4H3/t22-/m1/s1. The number of fused-ring (bicyclic) bond motifs is 1. The predicted octanol–water partition coefficient (Wildman–Crippen LogP) is 6.49. The number of nitrogens with zero attached hydrogens (tertiary/aromatic N) is 3. The van der Waals surface area contributed by atoms with Crippen molar-refractivity contribution in [3.63, 3.8) is 0 Å². The molecule has 37 heavy (non-hydrogen) atoms. The lowest BCUT2D eigenvalue weighted by Crippen LogP contribution is -2.30. The van der Waals surface area contributed by atoms with Crippen LogP contribution >= 0.6 is 22.7 Å². The van der Waals surface area contributed by atoms with Gasteiger partial charge in [0.2, 0.25) is 0 Å². The van der Waals surface area contributed by atoms with Gasteiger partial charge in [0.25, 0.3) is 5.91 Å². The van der Waals surface area contributed by atoms with E-state index in [1.165, 1.54) is 16.2 Å². The Morgan fingerprint density at radius 3 is 2.51 bits per heavy atom. The Bertz CT molecular complexity index is 1480. The van der Waals surface area contributed by atoms with Crippen LogP contribution in [0, 0.1) is 12.8 Å². The van der Waals surface area contributed by atoms with Crippen molar-refractivity contribution in [3.05, 3.63) is 81.0 Å². The topological polar surface area (TPSA) is 92.6 Å². The molecule has 2 aromatic heterocycles. The first-order chi connectivity index (χ1) is 17.8. The SMILES string of the molecule is CCc1ccc([C@@H]2C(c3nc4ccccc4s3)=C(O)C(=O)N2c2nc(C)c(C(=O)OCC(C)C)s2)cc1. The predicted molar refractivity (Wildman–Crippen MR) is 147 cm³/mol. The zero-order valence-corrected chi connectivity index (χ0v) is 22.7. The first kappa shape index (κ1) is 25.1.